The van der Waals surface area contributed by atoms with Crippen molar-refractivity contribution >= 4 is 17.3 Å². The van der Waals surface area contributed by atoms with Gasteiger partial charge in [0.2, 0.25) is 5.91 Å². The number of benzene rings is 2. The van der Waals surface area contributed by atoms with Crippen LogP contribution in [0.15, 0.2) is 54.6 Å². The van der Waals surface area contributed by atoms with Crippen LogP contribution in [0.1, 0.15) is 43.6 Å². The van der Waals surface area contributed by atoms with Crippen LogP contribution in [0.3, 0.4) is 0 Å². The lowest BCUT2D eigenvalue weighted by Gasteiger charge is -2.28. The van der Waals surface area contributed by atoms with Crippen LogP contribution in [0.5, 0.6) is 0 Å². The molecule has 2 aromatic rings. The van der Waals surface area contributed by atoms with Gasteiger partial charge < -0.3 is 11.1 Å². The van der Waals surface area contributed by atoms with Gasteiger partial charge >= 0.3 is 0 Å². The van der Waals surface area contributed by atoms with Gasteiger partial charge in [0.15, 0.2) is 0 Å². The van der Waals surface area contributed by atoms with Gasteiger partial charge in [-0.1, -0.05) is 42.5 Å². The van der Waals surface area contributed by atoms with E-state index in [1.165, 1.54) is 18.4 Å². The van der Waals surface area contributed by atoms with Crippen LogP contribution >= 0.6 is 0 Å². The molecule has 1 fully saturated rings. The third-order valence-electron chi connectivity index (χ3n) is 4.83. The molecule has 3 heteroatoms. The molecule has 1 amide bonds. The summed E-state index contributed by atoms with van der Waals surface area (Å²) in [5.41, 5.74) is 8.64. The molecular weight excluding hydrogens is 284 g/mol. The first-order valence-corrected chi connectivity index (χ1v) is 8.41. The molecule has 0 atom stereocenters. The average molecular weight is 308 g/mol. The second-order valence-corrected chi connectivity index (χ2v) is 6.47. The van der Waals surface area contributed by atoms with Crippen LogP contribution in [0.2, 0.25) is 0 Å². The molecule has 0 unspecified atom stereocenters. The highest BCUT2D eigenvalue weighted by atomic mass is 16.1. The molecule has 3 rings (SSSR count). The smallest absolute Gasteiger partial charge is 0.224 e. The summed E-state index contributed by atoms with van der Waals surface area (Å²) in [6.45, 7) is 0. The van der Waals surface area contributed by atoms with Crippen molar-refractivity contribution in [3.63, 3.8) is 0 Å². The Labute approximate surface area is 137 Å². The molecule has 0 heterocycles. The quantitative estimate of drug-likeness (QED) is 0.813. The number of nitrogen functional groups attached to an aromatic ring is 1. The summed E-state index contributed by atoms with van der Waals surface area (Å²) < 4.78 is 0. The van der Waals surface area contributed by atoms with Crippen LogP contribution in [-0.2, 0) is 4.79 Å². The summed E-state index contributed by atoms with van der Waals surface area (Å²) in [6, 6.07) is 18.1. The van der Waals surface area contributed by atoms with Crippen molar-refractivity contribution in [2.75, 3.05) is 11.1 Å². The van der Waals surface area contributed by atoms with Crippen molar-refractivity contribution in [3.05, 3.63) is 60.2 Å². The highest BCUT2D eigenvalue weighted by molar-refractivity contribution is 5.93. The Morgan fingerprint density at radius 2 is 1.61 bits per heavy atom. The van der Waals surface area contributed by atoms with Gasteiger partial charge in [-0.2, -0.15) is 0 Å². The predicted molar refractivity (Wildman–Crippen MR) is 95.2 cm³/mol. The second-order valence-electron chi connectivity index (χ2n) is 6.47. The number of hydrogen-bond acceptors (Lipinski definition) is 2. The Kier molecular flexibility index (Phi) is 4.96. The Hall–Kier alpha value is -2.29. The summed E-state index contributed by atoms with van der Waals surface area (Å²) in [5, 5.41) is 2.94. The van der Waals surface area contributed by atoms with E-state index in [1.807, 2.05) is 18.2 Å². The highest BCUT2D eigenvalue weighted by Crippen LogP contribution is 2.37. The Balaban J connectivity index is 1.49. The van der Waals surface area contributed by atoms with E-state index in [4.69, 9.17) is 5.73 Å². The third kappa shape index (κ3) is 4.13. The normalized spacial score (nSPS) is 20.9. The molecule has 0 spiro atoms. The third-order valence-corrected chi connectivity index (χ3v) is 4.83. The molecule has 1 aliphatic carbocycles. The molecular formula is C20H24N2O. The fourth-order valence-electron chi connectivity index (χ4n) is 3.50. The Morgan fingerprint density at radius 3 is 2.30 bits per heavy atom. The maximum Gasteiger partial charge on any atom is 0.224 e. The first-order chi connectivity index (χ1) is 11.2. The molecule has 23 heavy (non-hydrogen) atoms. The minimum atomic E-state index is 0.0751. The summed E-state index contributed by atoms with van der Waals surface area (Å²) >= 11 is 0. The first kappa shape index (κ1) is 15.6. The van der Waals surface area contributed by atoms with E-state index < -0.39 is 0 Å². The molecule has 2 aromatic carbocycles. The van der Waals surface area contributed by atoms with Gasteiger partial charge in [0.1, 0.15) is 0 Å². The fourth-order valence-corrected chi connectivity index (χ4v) is 3.50. The monoisotopic (exact) mass is 308 g/mol. The lowest BCUT2D eigenvalue weighted by Crippen LogP contribution is -2.21. The molecule has 3 N–H and O–H groups in total. The topological polar surface area (TPSA) is 55.1 Å². The minimum Gasteiger partial charge on any atom is -0.397 e. The maximum atomic E-state index is 12.2. The van der Waals surface area contributed by atoms with Gasteiger partial charge in [-0.25, -0.2) is 0 Å². The van der Waals surface area contributed by atoms with Gasteiger partial charge in [0, 0.05) is 6.42 Å². The van der Waals surface area contributed by atoms with Crippen molar-refractivity contribution in [2.24, 2.45) is 5.92 Å². The maximum absolute atomic E-state index is 12.2. The number of rotatable bonds is 4. The SMILES string of the molecule is Nc1ccccc1NC(=O)CC1CCC(c2ccccc2)CC1. The van der Waals surface area contributed by atoms with E-state index >= 15 is 0 Å². The van der Waals surface area contributed by atoms with Crippen molar-refractivity contribution in [2.45, 2.75) is 38.0 Å². The first-order valence-electron chi connectivity index (χ1n) is 8.41. The second kappa shape index (κ2) is 7.32. The molecule has 0 radical (unpaired) electrons. The average Bonchev–Trinajstić information content (AvgIpc) is 2.58. The molecule has 0 aromatic heterocycles. The minimum absolute atomic E-state index is 0.0751. The zero-order valence-corrected chi connectivity index (χ0v) is 13.4. The number of para-hydroxylation sites is 2. The van der Waals surface area contributed by atoms with Crippen LogP contribution < -0.4 is 11.1 Å². The van der Waals surface area contributed by atoms with Gasteiger partial charge in [-0.3, -0.25) is 4.79 Å². The van der Waals surface area contributed by atoms with Crippen LogP contribution in [-0.4, -0.2) is 5.91 Å². The number of hydrogen-bond donors (Lipinski definition) is 2. The molecule has 0 aliphatic heterocycles. The fraction of sp³-hybridized carbons (Fsp3) is 0.350. The summed E-state index contributed by atoms with van der Waals surface area (Å²) in [6.07, 6.45) is 5.19. The van der Waals surface area contributed by atoms with Gasteiger partial charge in [0.05, 0.1) is 11.4 Å². The van der Waals surface area contributed by atoms with Crippen LogP contribution in [0, 0.1) is 5.92 Å². The van der Waals surface area contributed by atoms with E-state index in [0.29, 0.717) is 23.9 Å². The van der Waals surface area contributed by atoms with E-state index in [-0.39, 0.29) is 5.91 Å². The summed E-state index contributed by atoms with van der Waals surface area (Å²) in [4.78, 5) is 12.2. The van der Waals surface area contributed by atoms with Crippen LogP contribution in [0.25, 0.3) is 0 Å². The number of nitrogens with two attached hydrogens (primary N) is 1. The number of carbonyl (C=O) groups excluding carboxylic acids is 1. The van der Waals surface area contributed by atoms with E-state index in [2.05, 4.69) is 35.6 Å². The Morgan fingerprint density at radius 1 is 0.957 bits per heavy atom. The van der Waals surface area contributed by atoms with Gasteiger partial charge in [0.25, 0.3) is 0 Å². The predicted octanol–water partition coefficient (Wildman–Crippen LogP) is 4.57. The largest absolute Gasteiger partial charge is 0.397 e. The number of anilines is 2. The number of amides is 1. The lowest BCUT2D eigenvalue weighted by atomic mass is 9.77. The summed E-state index contributed by atoms with van der Waals surface area (Å²) in [5.74, 6) is 1.21. The molecule has 0 saturated heterocycles. The van der Waals surface area contributed by atoms with E-state index in [0.717, 1.165) is 18.5 Å². The number of carbonyl (C=O) groups is 1. The molecule has 1 aliphatic rings. The highest BCUT2D eigenvalue weighted by Gasteiger charge is 2.24. The van der Waals surface area contributed by atoms with E-state index in [9.17, 15) is 4.79 Å². The van der Waals surface area contributed by atoms with Crippen molar-refractivity contribution < 1.29 is 4.79 Å². The van der Waals surface area contributed by atoms with E-state index in [1.54, 1.807) is 6.07 Å². The lowest BCUT2D eigenvalue weighted by molar-refractivity contribution is -0.117. The van der Waals surface area contributed by atoms with Gasteiger partial charge in [-0.15, -0.1) is 0 Å². The zero-order chi connectivity index (χ0) is 16.1. The standard InChI is InChI=1S/C20H24N2O/c21-18-8-4-5-9-19(18)22-20(23)14-15-10-12-17(13-11-15)16-6-2-1-3-7-16/h1-9,15,17H,10-14,21H2,(H,22,23). The molecule has 1 saturated carbocycles. The van der Waals surface area contributed by atoms with Crippen molar-refractivity contribution in [1.82, 2.24) is 0 Å². The Bertz CT molecular complexity index is 646. The van der Waals surface area contributed by atoms with Crippen LogP contribution in [0.4, 0.5) is 11.4 Å². The van der Waals surface area contributed by atoms with Gasteiger partial charge in [-0.05, 0) is 55.2 Å². The van der Waals surface area contributed by atoms with Crippen molar-refractivity contribution in [1.29, 1.82) is 0 Å². The van der Waals surface area contributed by atoms with Crippen molar-refractivity contribution in [3.8, 4) is 0 Å². The summed E-state index contributed by atoms with van der Waals surface area (Å²) in [7, 11) is 0. The molecule has 120 valence electrons. The zero-order valence-electron chi connectivity index (χ0n) is 13.4. The molecule has 3 nitrogen and oxygen atoms in total. The number of nitrogens with one attached hydrogen (secondary N) is 1. The molecule has 0 bridgehead atoms.